The molecule has 1 heterocycles. The van der Waals surface area contributed by atoms with Gasteiger partial charge in [0.15, 0.2) is 0 Å². The second-order valence-electron chi connectivity index (χ2n) is 2.59. The Hall–Kier alpha value is -1.03. The first-order chi connectivity index (χ1) is 5.93. The number of unbranched alkanes of at least 4 members (excludes halogenated alkanes) is 2. The zero-order chi connectivity index (χ0) is 8.65. The Bertz CT molecular complexity index is 186. The molecule has 0 atom stereocenters. The fourth-order valence-corrected chi connectivity index (χ4v) is 0.922. The van der Waals surface area contributed by atoms with Crippen molar-refractivity contribution < 1.29 is 4.74 Å². The van der Waals surface area contributed by atoms with Gasteiger partial charge in [-0.05, 0) is 25.8 Å². The zero-order valence-corrected chi connectivity index (χ0v) is 7.12. The van der Waals surface area contributed by atoms with E-state index >= 15 is 0 Å². The molecule has 4 nitrogen and oxygen atoms in total. The number of rotatable bonds is 6. The summed E-state index contributed by atoms with van der Waals surface area (Å²) in [7, 11) is 0. The maximum absolute atomic E-state index is 5.35. The van der Waals surface area contributed by atoms with Gasteiger partial charge >= 0.3 is 0 Å². The van der Waals surface area contributed by atoms with Crippen LogP contribution in [0.3, 0.4) is 0 Å². The largest absolute Gasteiger partial charge is 0.465 e. The van der Waals surface area contributed by atoms with Crippen LogP contribution in [0.15, 0.2) is 12.4 Å². The normalized spacial score (nSPS) is 10.1. The van der Waals surface area contributed by atoms with Gasteiger partial charge in [-0.2, -0.15) is 0 Å². The van der Waals surface area contributed by atoms with Gasteiger partial charge in [-0.3, -0.25) is 0 Å². The SMILES string of the molecule is NCCCCCOc1ncc[nH]1. The van der Waals surface area contributed by atoms with E-state index < -0.39 is 0 Å². The van der Waals surface area contributed by atoms with Crippen molar-refractivity contribution in [1.82, 2.24) is 9.97 Å². The number of aromatic amines is 1. The van der Waals surface area contributed by atoms with Crippen molar-refractivity contribution >= 4 is 0 Å². The lowest BCUT2D eigenvalue weighted by atomic mass is 10.2. The van der Waals surface area contributed by atoms with Gasteiger partial charge < -0.3 is 15.5 Å². The number of imidazole rings is 1. The highest BCUT2D eigenvalue weighted by Gasteiger charge is 1.93. The summed E-state index contributed by atoms with van der Waals surface area (Å²) in [6.45, 7) is 1.48. The highest BCUT2D eigenvalue weighted by molar-refractivity contribution is 4.91. The first kappa shape index (κ1) is 9.06. The predicted octanol–water partition coefficient (Wildman–Crippen LogP) is 0.917. The van der Waals surface area contributed by atoms with Crippen LogP contribution in [0.5, 0.6) is 6.01 Å². The minimum Gasteiger partial charge on any atom is -0.465 e. The van der Waals surface area contributed by atoms with Crippen molar-refractivity contribution in [2.45, 2.75) is 19.3 Å². The Morgan fingerprint density at radius 3 is 3.00 bits per heavy atom. The van der Waals surface area contributed by atoms with Crippen molar-refractivity contribution in [2.24, 2.45) is 5.73 Å². The molecule has 0 saturated carbocycles. The molecule has 0 saturated heterocycles. The van der Waals surface area contributed by atoms with E-state index in [4.69, 9.17) is 10.5 Å². The predicted molar refractivity (Wildman–Crippen MR) is 47.0 cm³/mol. The van der Waals surface area contributed by atoms with Crippen molar-refractivity contribution in [3.63, 3.8) is 0 Å². The van der Waals surface area contributed by atoms with Crippen LogP contribution in [0.1, 0.15) is 19.3 Å². The van der Waals surface area contributed by atoms with Crippen LogP contribution in [0.4, 0.5) is 0 Å². The summed E-state index contributed by atoms with van der Waals surface area (Å²) in [5.41, 5.74) is 5.35. The third-order valence-electron chi connectivity index (χ3n) is 1.56. The lowest BCUT2D eigenvalue weighted by Crippen LogP contribution is -2.02. The Balaban J connectivity index is 1.96. The van der Waals surface area contributed by atoms with Gasteiger partial charge in [-0.25, -0.2) is 4.98 Å². The van der Waals surface area contributed by atoms with Crippen molar-refractivity contribution in [3.05, 3.63) is 12.4 Å². The average Bonchev–Trinajstić information content (AvgIpc) is 2.57. The molecule has 0 aliphatic heterocycles. The average molecular weight is 169 g/mol. The first-order valence-corrected chi connectivity index (χ1v) is 4.25. The second kappa shape index (κ2) is 5.60. The number of ether oxygens (including phenoxy) is 1. The van der Waals surface area contributed by atoms with Crippen molar-refractivity contribution in [1.29, 1.82) is 0 Å². The molecule has 0 bridgehead atoms. The summed E-state index contributed by atoms with van der Waals surface area (Å²) in [6.07, 6.45) is 6.65. The van der Waals surface area contributed by atoms with Crippen LogP contribution in [0.2, 0.25) is 0 Å². The van der Waals surface area contributed by atoms with E-state index in [1.54, 1.807) is 12.4 Å². The van der Waals surface area contributed by atoms with E-state index in [0.29, 0.717) is 12.6 Å². The molecule has 68 valence electrons. The topological polar surface area (TPSA) is 63.9 Å². The van der Waals surface area contributed by atoms with E-state index in [2.05, 4.69) is 9.97 Å². The molecular formula is C8H15N3O. The minimum atomic E-state index is 0.600. The minimum absolute atomic E-state index is 0.600. The van der Waals surface area contributed by atoms with Crippen LogP contribution in [-0.4, -0.2) is 23.1 Å². The van der Waals surface area contributed by atoms with Crippen molar-refractivity contribution in [3.8, 4) is 6.01 Å². The Labute approximate surface area is 72.1 Å². The quantitative estimate of drug-likeness (QED) is 0.622. The smallest absolute Gasteiger partial charge is 0.293 e. The number of nitrogens with one attached hydrogen (secondary N) is 1. The number of nitrogens with zero attached hydrogens (tertiary/aromatic N) is 1. The number of nitrogens with two attached hydrogens (primary N) is 1. The Morgan fingerprint density at radius 1 is 1.42 bits per heavy atom. The molecule has 0 spiro atoms. The van der Waals surface area contributed by atoms with Crippen molar-refractivity contribution in [2.75, 3.05) is 13.2 Å². The van der Waals surface area contributed by atoms with E-state index in [9.17, 15) is 0 Å². The molecule has 1 aromatic rings. The fraction of sp³-hybridized carbons (Fsp3) is 0.625. The summed E-state index contributed by atoms with van der Waals surface area (Å²) >= 11 is 0. The number of aromatic nitrogens is 2. The standard InChI is InChI=1S/C8H15N3O/c9-4-2-1-3-7-12-8-10-5-6-11-8/h5-6H,1-4,7,9H2,(H,10,11). The van der Waals surface area contributed by atoms with Gasteiger partial charge in [0.25, 0.3) is 6.01 Å². The molecule has 1 aromatic heterocycles. The Kier molecular flexibility index (Phi) is 4.23. The van der Waals surface area contributed by atoms with Crippen LogP contribution in [-0.2, 0) is 0 Å². The summed E-state index contributed by atoms with van der Waals surface area (Å²) in [5.74, 6) is 0. The number of hydrogen-bond acceptors (Lipinski definition) is 3. The number of hydrogen-bond donors (Lipinski definition) is 2. The van der Waals surface area contributed by atoms with E-state index in [0.717, 1.165) is 25.8 Å². The van der Waals surface area contributed by atoms with Gasteiger partial charge in [0, 0.05) is 12.4 Å². The number of H-pyrrole nitrogens is 1. The molecule has 0 radical (unpaired) electrons. The maximum atomic E-state index is 5.35. The molecule has 0 aliphatic rings. The maximum Gasteiger partial charge on any atom is 0.293 e. The second-order valence-corrected chi connectivity index (χ2v) is 2.59. The van der Waals surface area contributed by atoms with Gasteiger partial charge in [-0.1, -0.05) is 0 Å². The molecule has 0 fully saturated rings. The molecule has 12 heavy (non-hydrogen) atoms. The summed E-state index contributed by atoms with van der Waals surface area (Å²) in [4.78, 5) is 6.80. The lowest BCUT2D eigenvalue weighted by molar-refractivity contribution is 0.285. The fourth-order valence-electron chi connectivity index (χ4n) is 0.922. The summed E-state index contributed by atoms with van der Waals surface area (Å²) < 4.78 is 5.29. The molecule has 0 amide bonds. The molecular weight excluding hydrogens is 154 g/mol. The van der Waals surface area contributed by atoms with Crippen LogP contribution < -0.4 is 10.5 Å². The molecule has 0 aliphatic carbocycles. The zero-order valence-electron chi connectivity index (χ0n) is 7.12. The van der Waals surface area contributed by atoms with Gasteiger partial charge in [-0.15, -0.1) is 0 Å². The Morgan fingerprint density at radius 2 is 2.33 bits per heavy atom. The molecule has 0 unspecified atom stereocenters. The molecule has 3 N–H and O–H groups in total. The first-order valence-electron chi connectivity index (χ1n) is 4.25. The highest BCUT2D eigenvalue weighted by atomic mass is 16.5. The van der Waals surface area contributed by atoms with Crippen LogP contribution >= 0.6 is 0 Å². The lowest BCUT2D eigenvalue weighted by Gasteiger charge is -2.00. The molecule has 1 rings (SSSR count). The van der Waals surface area contributed by atoms with Crippen LogP contribution in [0, 0.1) is 0 Å². The third-order valence-corrected chi connectivity index (χ3v) is 1.56. The van der Waals surface area contributed by atoms with E-state index in [-0.39, 0.29) is 0 Å². The monoisotopic (exact) mass is 169 g/mol. The van der Waals surface area contributed by atoms with Gasteiger partial charge in [0.1, 0.15) is 0 Å². The molecule has 4 heteroatoms. The summed E-state index contributed by atoms with van der Waals surface area (Å²) in [5, 5.41) is 0. The highest BCUT2D eigenvalue weighted by Crippen LogP contribution is 2.00. The molecule has 0 aromatic carbocycles. The summed E-state index contributed by atoms with van der Waals surface area (Å²) in [6, 6.07) is 0.600. The third kappa shape index (κ3) is 3.39. The van der Waals surface area contributed by atoms with E-state index in [1.165, 1.54) is 0 Å². The van der Waals surface area contributed by atoms with E-state index in [1.807, 2.05) is 0 Å². The van der Waals surface area contributed by atoms with Gasteiger partial charge in [0.05, 0.1) is 6.61 Å². The van der Waals surface area contributed by atoms with Gasteiger partial charge in [0.2, 0.25) is 0 Å². The van der Waals surface area contributed by atoms with Crippen LogP contribution in [0.25, 0.3) is 0 Å².